The third-order valence-electron chi connectivity index (χ3n) is 6.98. The minimum Gasteiger partial charge on any atom is -0.127 e. The Labute approximate surface area is 142 Å². The first kappa shape index (κ1) is 18.5. The molecule has 0 aromatic rings. The molecule has 2 rings (SSSR count). The highest BCUT2D eigenvalue weighted by molar-refractivity contribution is 7.18. The molecule has 3 unspecified atom stereocenters. The molecule has 0 heterocycles. The molecule has 4 atom stereocenters. The molecule has 0 aliphatic heterocycles. The quantitative estimate of drug-likeness (QED) is 0.359. The molecular weight excluding hydrogens is 283 g/mol. The topological polar surface area (TPSA) is 0 Å². The Morgan fingerprint density at radius 3 is 2.32 bits per heavy atom. The van der Waals surface area contributed by atoms with E-state index in [1.165, 1.54) is 64.2 Å². The predicted octanol–water partition coefficient (Wildman–Crippen LogP) is 7.01. The highest BCUT2D eigenvalue weighted by atomic mass is 31.0. The van der Waals surface area contributed by atoms with Crippen LogP contribution in [0.1, 0.15) is 91.9 Å². The fourth-order valence-electron chi connectivity index (χ4n) is 4.92. The van der Waals surface area contributed by atoms with Gasteiger partial charge < -0.3 is 0 Å². The normalized spacial score (nSPS) is 34.5. The van der Waals surface area contributed by atoms with Gasteiger partial charge in [-0.1, -0.05) is 39.9 Å². The number of rotatable bonds is 11. The van der Waals surface area contributed by atoms with Crippen molar-refractivity contribution in [2.24, 2.45) is 35.0 Å². The number of hydrogen-bond donors (Lipinski definition) is 0. The lowest BCUT2D eigenvalue weighted by Crippen LogP contribution is -2.29. The van der Waals surface area contributed by atoms with Crippen molar-refractivity contribution in [3.63, 3.8) is 0 Å². The van der Waals surface area contributed by atoms with Crippen LogP contribution in [0, 0.1) is 35.0 Å². The molecule has 0 radical (unpaired) electrons. The first-order valence-corrected chi connectivity index (χ1v) is 10.6. The summed E-state index contributed by atoms with van der Waals surface area (Å²) in [4.78, 5) is 0. The van der Waals surface area contributed by atoms with E-state index in [0.717, 1.165) is 29.6 Å². The van der Waals surface area contributed by atoms with Crippen molar-refractivity contribution in [3.8, 4) is 0 Å². The summed E-state index contributed by atoms with van der Waals surface area (Å²) in [6.07, 6.45) is 14.4. The largest absolute Gasteiger partial charge is 0.127 e. The van der Waals surface area contributed by atoms with Crippen LogP contribution in [0.2, 0.25) is 0 Å². The lowest BCUT2D eigenvalue weighted by molar-refractivity contribution is 0.117. The summed E-state index contributed by atoms with van der Waals surface area (Å²) in [6, 6.07) is 0. The van der Waals surface area contributed by atoms with Crippen LogP contribution < -0.4 is 0 Å². The Morgan fingerprint density at radius 1 is 1.14 bits per heavy atom. The van der Waals surface area contributed by atoms with Crippen molar-refractivity contribution in [3.05, 3.63) is 0 Å². The van der Waals surface area contributed by atoms with Crippen LogP contribution in [-0.2, 0) is 0 Å². The molecule has 0 nitrogen and oxygen atoms in total. The van der Waals surface area contributed by atoms with Crippen LogP contribution in [0.25, 0.3) is 0 Å². The summed E-state index contributed by atoms with van der Waals surface area (Å²) in [7, 11) is 3.68. The van der Waals surface area contributed by atoms with Crippen molar-refractivity contribution in [1.29, 1.82) is 0 Å². The highest BCUT2D eigenvalue weighted by Crippen LogP contribution is 2.48. The second-order valence-corrected chi connectivity index (χ2v) is 9.43. The minimum atomic E-state index is 0.586. The van der Waals surface area contributed by atoms with Gasteiger partial charge in [-0.2, -0.15) is 0 Å². The molecule has 22 heavy (non-hydrogen) atoms. The van der Waals surface area contributed by atoms with Crippen molar-refractivity contribution >= 4 is 14.7 Å². The van der Waals surface area contributed by atoms with Gasteiger partial charge in [0, 0.05) is 0 Å². The highest BCUT2D eigenvalue weighted by Gasteiger charge is 2.37. The molecule has 2 fully saturated rings. The molecule has 0 amide bonds. The van der Waals surface area contributed by atoms with Crippen molar-refractivity contribution in [2.45, 2.75) is 91.9 Å². The summed E-state index contributed by atoms with van der Waals surface area (Å²) in [6.45, 7) is 9.75. The molecule has 2 aliphatic carbocycles. The van der Waals surface area contributed by atoms with E-state index < -0.39 is 0 Å². The molecule has 128 valence electrons. The van der Waals surface area contributed by atoms with Gasteiger partial charge in [-0.15, -0.1) is 8.86 Å². The lowest BCUT2D eigenvalue weighted by Gasteiger charge is -2.40. The molecule has 0 aromatic heterocycles. The fraction of sp³-hybridized carbons (Fsp3) is 0.952. The predicted molar refractivity (Wildman–Crippen MR) is 103 cm³/mol. The molecule has 0 spiro atoms. The summed E-state index contributed by atoms with van der Waals surface area (Å²) < 4.78 is 0. The van der Waals surface area contributed by atoms with E-state index >= 15 is 0 Å². The summed E-state index contributed by atoms with van der Waals surface area (Å²) in [5, 5.41) is 0. The minimum absolute atomic E-state index is 0.586. The smallest absolute Gasteiger partial charge is 0.0253 e. The van der Waals surface area contributed by atoms with Crippen molar-refractivity contribution < 1.29 is 0 Å². The van der Waals surface area contributed by atoms with E-state index in [4.69, 9.17) is 0 Å². The SMILES string of the molecule is CCC[C@@](CC=P)(CCC(C)C1CC(C)C1)CCC1CC1C. The zero-order valence-electron chi connectivity index (χ0n) is 15.5. The van der Waals surface area contributed by atoms with Crippen LogP contribution in [0.15, 0.2) is 0 Å². The Morgan fingerprint density at radius 2 is 1.82 bits per heavy atom. The summed E-state index contributed by atoms with van der Waals surface area (Å²) in [5.74, 6) is 7.31. The maximum atomic E-state index is 3.68. The Kier molecular flexibility index (Phi) is 7.00. The van der Waals surface area contributed by atoms with E-state index in [2.05, 4.69) is 42.4 Å². The van der Waals surface area contributed by atoms with Crippen LogP contribution in [0.4, 0.5) is 0 Å². The zero-order valence-corrected chi connectivity index (χ0v) is 16.5. The third-order valence-corrected chi connectivity index (χ3v) is 7.19. The second kappa shape index (κ2) is 8.32. The van der Waals surface area contributed by atoms with Gasteiger partial charge in [-0.3, -0.25) is 0 Å². The maximum Gasteiger partial charge on any atom is -0.0253 e. The van der Waals surface area contributed by atoms with Gasteiger partial charge in [0.25, 0.3) is 0 Å². The van der Waals surface area contributed by atoms with Gasteiger partial charge in [-0.25, -0.2) is 0 Å². The summed E-state index contributed by atoms with van der Waals surface area (Å²) in [5.41, 5.74) is 0.586. The van der Waals surface area contributed by atoms with Gasteiger partial charge in [0.2, 0.25) is 0 Å². The van der Waals surface area contributed by atoms with E-state index in [0.29, 0.717) is 5.41 Å². The van der Waals surface area contributed by atoms with Gasteiger partial charge in [-0.05, 0) is 92.8 Å². The third kappa shape index (κ3) is 5.09. The molecule has 0 N–H and O–H groups in total. The van der Waals surface area contributed by atoms with Crippen LogP contribution in [0.5, 0.6) is 0 Å². The van der Waals surface area contributed by atoms with Gasteiger partial charge >= 0.3 is 0 Å². The van der Waals surface area contributed by atoms with Crippen LogP contribution in [-0.4, -0.2) is 5.80 Å². The van der Waals surface area contributed by atoms with Crippen molar-refractivity contribution in [2.75, 3.05) is 0 Å². The van der Waals surface area contributed by atoms with E-state index in [-0.39, 0.29) is 0 Å². The fourth-order valence-corrected chi connectivity index (χ4v) is 5.35. The second-order valence-electron chi connectivity index (χ2n) is 9.02. The van der Waals surface area contributed by atoms with Gasteiger partial charge in [0.1, 0.15) is 0 Å². The molecule has 2 saturated carbocycles. The summed E-state index contributed by atoms with van der Waals surface area (Å²) >= 11 is 0. The van der Waals surface area contributed by atoms with Gasteiger partial charge in [0.15, 0.2) is 0 Å². The van der Waals surface area contributed by atoms with Crippen molar-refractivity contribution in [1.82, 2.24) is 0 Å². The van der Waals surface area contributed by atoms with E-state index in [1.54, 1.807) is 0 Å². The molecule has 0 aromatic carbocycles. The maximum absolute atomic E-state index is 3.68. The molecule has 0 bridgehead atoms. The average molecular weight is 323 g/mol. The number of hydrogen-bond acceptors (Lipinski definition) is 0. The molecule has 1 heteroatoms. The van der Waals surface area contributed by atoms with Crippen LogP contribution >= 0.6 is 8.86 Å². The van der Waals surface area contributed by atoms with E-state index in [1.807, 2.05) is 0 Å². The average Bonchev–Trinajstić information content (AvgIpc) is 3.16. The Bertz CT molecular complexity index is 344. The van der Waals surface area contributed by atoms with Crippen LogP contribution in [0.3, 0.4) is 0 Å². The first-order valence-electron chi connectivity index (χ1n) is 9.98. The monoisotopic (exact) mass is 322 g/mol. The van der Waals surface area contributed by atoms with Gasteiger partial charge in [0.05, 0.1) is 0 Å². The lowest BCUT2D eigenvalue weighted by atomic mass is 9.66. The van der Waals surface area contributed by atoms with E-state index in [9.17, 15) is 0 Å². The zero-order chi connectivity index (χ0) is 16.2. The molecular formula is C21H39P. The molecule has 0 saturated heterocycles. The Hall–Kier alpha value is 0.170. The molecule has 2 aliphatic rings. The first-order chi connectivity index (χ1) is 10.5. The Balaban J connectivity index is 1.85. The standard InChI is InChI=1S/C21H39P/c1-5-8-21(11-12-22,10-7-19-15-18(19)4)9-6-17(3)20-13-16(2)14-20/h12,16-20,22H,5-11,13-15H2,1-4H3/t16?,17?,18?,19?,20?,21-/m1/s1.